The van der Waals surface area contributed by atoms with Gasteiger partial charge in [0.15, 0.2) is 6.61 Å². The highest BCUT2D eigenvalue weighted by molar-refractivity contribution is 14.1. The van der Waals surface area contributed by atoms with Crippen molar-refractivity contribution >= 4 is 84.9 Å². The standard InChI is InChI=1S/C14H11I3O2S/c1-7-3-10(8(2)20-7)13(18)6-19-14-11(16)4-9(15)5-12(14)17/h3-5H,6H2,1-2H3. The Morgan fingerprint density at radius 3 is 2.25 bits per heavy atom. The molecule has 0 aliphatic rings. The molecular formula is C14H11I3O2S. The van der Waals surface area contributed by atoms with Gasteiger partial charge in [-0.05, 0) is 99.8 Å². The van der Waals surface area contributed by atoms with E-state index in [1.165, 1.54) is 3.57 Å². The number of hydrogen-bond acceptors (Lipinski definition) is 3. The zero-order valence-electron chi connectivity index (χ0n) is 10.8. The molecule has 0 fully saturated rings. The van der Waals surface area contributed by atoms with Crippen molar-refractivity contribution in [1.29, 1.82) is 0 Å². The molecule has 1 heterocycles. The smallest absolute Gasteiger partial charge is 0.201 e. The Bertz CT molecular complexity index is 641. The summed E-state index contributed by atoms with van der Waals surface area (Å²) in [6.07, 6.45) is 0. The van der Waals surface area contributed by atoms with E-state index in [1.54, 1.807) is 11.3 Å². The van der Waals surface area contributed by atoms with Gasteiger partial charge in [-0.15, -0.1) is 11.3 Å². The van der Waals surface area contributed by atoms with Gasteiger partial charge < -0.3 is 4.74 Å². The number of aryl methyl sites for hydroxylation is 2. The molecule has 0 unspecified atom stereocenters. The average molecular weight is 624 g/mol. The Hall–Kier alpha value is 0.580. The van der Waals surface area contributed by atoms with Crippen LogP contribution in [0, 0.1) is 24.6 Å². The lowest BCUT2D eigenvalue weighted by Crippen LogP contribution is -2.13. The lowest BCUT2D eigenvalue weighted by atomic mass is 10.2. The molecule has 2 nitrogen and oxygen atoms in total. The number of Topliss-reactive ketones (excluding diaryl/α,β-unsaturated/α-hetero) is 1. The van der Waals surface area contributed by atoms with Crippen molar-refractivity contribution in [2.24, 2.45) is 0 Å². The Morgan fingerprint density at radius 1 is 1.15 bits per heavy atom. The van der Waals surface area contributed by atoms with Crippen molar-refractivity contribution in [2.75, 3.05) is 6.61 Å². The van der Waals surface area contributed by atoms with Crippen LogP contribution in [0.4, 0.5) is 0 Å². The molecule has 6 heteroatoms. The Kier molecular flexibility index (Phi) is 6.12. The third-order valence-corrected chi connectivity index (χ3v) is 5.84. The lowest BCUT2D eigenvalue weighted by Gasteiger charge is -2.10. The first-order valence-electron chi connectivity index (χ1n) is 5.76. The van der Waals surface area contributed by atoms with Crippen LogP contribution in [0.15, 0.2) is 18.2 Å². The quantitative estimate of drug-likeness (QED) is 0.335. The summed E-state index contributed by atoms with van der Waals surface area (Å²) in [4.78, 5) is 14.4. The highest BCUT2D eigenvalue weighted by atomic mass is 127. The van der Waals surface area contributed by atoms with E-state index in [4.69, 9.17) is 4.74 Å². The third kappa shape index (κ3) is 4.07. The second-order valence-electron chi connectivity index (χ2n) is 4.24. The molecule has 0 saturated carbocycles. The van der Waals surface area contributed by atoms with Gasteiger partial charge in [0.2, 0.25) is 5.78 Å². The van der Waals surface area contributed by atoms with Crippen LogP contribution >= 0.6 is 79.1 Å². The van der Waals surface area contributed by atoms with Gasteiger partial charge in [0.05, 0.1) is 7.14 Å². The monoisotopic (exact) mass is 624 g/mol. The molecule has 106 valence electrons. The normalized spacial score (nSPS) is 10.7. The van der Waals surface area contributed by atoms with E-state index in [9.17, 15) is 4.79 Å². The molecule has 0 N–H and O–H groups in total. The maximum atomic E-state index is 12.2. The molecule has 0 aliphatic carbocycles. The Labute approximate surface area is 163 Å². The number of benzene rings is 1. The number of thiophene rings is 1. The van der Waals surface area contributed by atoms with Crippen molar-refractivity contribution in [3.8, 4) is 5.75 Å². The second-order valence-corrected chi connectivity index (χ2v) is 9.27. The van der Waals surface area contributed by atoms with E-state index in [0.29, 0.717) is 0 Å². The van der Waals surface area contributed by atoms with E-state index in [0.717, 1.165) is 28.2 Å². The van der Waals surface area contributed by atoms with Crippen molar-refractivity contribution in [3.63, 3.8) is 0 Å². The van der Waals surface area contributed by atoms with Gasteiger partial charge in [0.25, 0.3) is 0 Å². The molecule has 0 bridgehead atoms. The molecule has 0 radical (unpaired) electrons. The number of carbonyl (C=O) groups excluding carboxylic acids is 1. The molecule has 0 atom stereocenters. The maximum Gasteiger partial charge on any atom is 0.201 e. The first-order valence-corrected chi connectivity index (χ1v) is 9.81. The molecule has 2 aromatic rings. The lowest BCUT2D eigenvalue weighted by molar-refractivity contribution is 0.0920. The van der Waals surface area contributed by atoms with Crippen LogP contribution < -0.4 is 4.74 Å². The van der Waals surface area contributed by atoms with Crippen LogP contribution in [-0.2, 0) is 0 Å². The molecule has 0 saturated heterocycles. The zero-order chi connectivity index (χ0) is 14.9. The SMILES string of the molecule is Cc1cc(C(=O)COc2c(I)cc(I)cc2I)c(C)s1. The number of ether oxygens (including phenoxy) is 1. The van der Waals surface area contributed by atoms with E-state index >= 15 is 0 Å². The van der Waals surface area contributed by atoms with Gasteiger partial charge in [-0.25, -0.2) is 0 Å². The van der Waals surface area contributed by atoms with Crippen LogP contribution in [-0.4, -0.2) is 12.4 Å². The summed E-state index contributed by atoms with van der Waals surface area (Å²) >= 11 is 8.40. The minimum absolute atomic E-state index is 0.0389. The Balaban J connectivity index is 2.13. The van der Waals surface area contributed by atoms with Crippen molar-refractivity contribution in [1.82, 2.24) is 0 Å². The summed E-state index contributed by atoms with van der Waals surface area (Å²) in [7, 11) is 0. The molecule has 0 aliphatic heterocycles. The van der Waals surface area contributed by atoms with Crippen molar-refractivity contribution in [2.45, 2.75) is 13.8 Å². The number of carbonyl (C=O) groups is 1. The molecule has 20 heavy (non-hydrogen) atoms. The largest absolute Gasteiger partial charge is 0.483 e. The Morgan fingerprint density at radius 2 is 1.75 bits per heavy atom. The second kappa shape index (κ2) is 7.23. The summed E-state index contributed by atoms with van der Waals surface area (Å²) in [6, 6.07) is 6.03. The summed E-state index contributed by atoms with van der Waals surface area (Å²) in [5.74, 6) is 0.835. The van der Waals surface area contributed by atoms with Gasteiger partial charge >= 0.3 is 0 Å². The van der Waals surface area contributed by atoms with Crippen molar-refractivity contribution in [3.05, 3.63) is 44.2 Å². The van der Waals surface area contributed by atoms with E-state index in [-0.39, 0.29) is 12.4 Å². The summed E-state index contributed by atoms with van der Waals surface area (Å²) in [5.41, 5.74) is 0.781. The van der Waals surface area contributed by atoms with E-state index in [2.05, 4.69) is 67.8 Å². The van der Waals surface area contributed by atoms with Gasteiger partial charge in [0, 0.05) is 18.9 Å². The molecule has 2 rings (SSSR count). The minimum atomic E-state index is 0.0389. The van der Waals surface area contributed by atoms with Crippen LogP contribution in [0.3, 0.4) is 0 Å². The van der Waals surface area contributed by atoms with E-state index in [1.807, 2.05) is 32.0 Å². The fraction of sp³-hybridized carbons (Fsp3) is 0.214. The summed E-state index contributed by atoms with van der Waals surface area (Å²) < 4.78 is 8.97. The van der Waals surface area contributed by atoms with Crippen LogP contribution in [0.25, 0.3) is 0 Å². The highest BCUT2D eigenvalue weighted by Gasteiger charge is 2.15. The predicted octanol–water partition coefficient (Wildman–Crippen LogP) is 5.44. The zero-order valence-corrected chi connectivity index (χ0v) is 18.1. The van der Waals surface area contributed by atoms with Crippen molar-refractivity contribution < 1.29 is 9.53 Å². The number of ketones is 1. The van der Waals surface area contributed by atoms with Gasteiger partial charge in [-0.2, -0.15) is 0 Å². The third-order valence-electron chi connectivity index (χ3n) is 2.65. The fourth-order valence-electron chi connectivity index (χ4n) is 1.79. The summed E-state index contributed by atoms with van der Waals surface area (Å²) in [5, 5.41) is 0. The molecule has 1 aromatic carbocycles. The first-order chi connectivity index (χ1) is 9.38. The highest BCUT2D eigenvalue weighted by Crippen LogP contribution is 2.30. The molecule has 0 spiro atoms. The van der Waals surface area contributed by atoms with Crippen LogP contribution in [0.2, 0.25) is 0 Å². The summed E-state index contributed by atoms with van der Waals surface area (Å²) in [6.45, 7) is 4.08. The average Bonchev–Trinajstić information content (AvgIpc) is 2.66. The van der Waals surface area contributed by atoms with Gasteiger partial charge in [0.1, 0.15) is 5.75 Å². The topological polar surface area (TPSA) is 26.3 Å². The predicted molar refractivity (Wildman–Crippen MR) is 108 cm³/mol. The van der Waals surface area contributed by atoms with E-state index < -0.39 is 0 Å². The molecular weight excluding hydrogens is 613 g/mol. The molecule has 1 aromatic heterocycles. The van der Waals surface area contributed by atoms with Gasteiger partial charge in [-0.3, -0.25) is 4.79 Å². The van der Waals surface area contributed by atoms with Crippen LogP contribution in [0.1, 0.15) is 20.1 Å². The number of rotatable bonds is 4. The first kappa shape index (κ1) is 16.9. The minimum Gasteiger partial charge on any atom is -0.483 e. The number of halogens is 3. The molecule has 0 amide bonds. The van der Waals surface area contributed by atoms with Crippen LogP contribution in [0.5, 0.6) is 5.75 Å². The number of hydrogen-bond donors (Lipinski definition) is 0. The fourth-order valence-corrected chi connectivity index (χ4v) is 6.63. The maximum absolute atomic E-state index is 12.2. The van der Waals surface area contributed by atoms with Gasteiger partial charge in [-0.1, -0.05) is 0 Å².